The van der Waals surface area contributed by atoms with Gasteiger partial charge in [-0.2, -0.15) is 0 Å². The molecule has 1 fully saturated rings. The Bertz CT molecular complexity index is 938. The number of rotatable bonds is 5. The molecule has 2 amide bonds. The van der Waals surface area contributed by atoms with Crippen molar-refractivity contribution in [1.29, 1.82) is 0 Å². The second-order valence-electron chi connectivity index (χ2n) is 6.56. The van der Waals surface area contributed by atoms with E-state index in [-0.39, 0.29) is 17.5 Å². The SMILES string of the molecule is CC(=O)N1CCN(C(=O)/C=C/c2ccc(Sc3ccccc3)c([N+](=O)[O-])c2)CC1. The molecule has 7 nitrogen and oxygen atoms in total. The van der Waals surface area contributed by atoms with Crippen molar-refractivity contribution in [2.24, 2.45) is 0 Å². The Balaban J connectivity index is 1.69. The molecule has 1 aliphatic heterocycles. The standard InChI is InChI=1S/C21H21N3O4S/c1-16(25)22-11-13-23(14-12-22)21(26)10-8-17-7-9-20(19(15-17)24(27)28)29-18-5-3-2-4-6-18/h2-10,15H,11-14H2,1H3/b10-8+. The van der Waals surface area contributed by atoms with Gasteiger partial charge in [-0.1, -0.05) is 36.0 Å². The lowest BCUT2D eigenvalue weighted by molar-refractivity contribution is -0.387. The fourth-order valence-electron chi connectivity index (χ4n) is 3.00. The maximum atomic E-state index is 12.4. The number of carbonyl (C=O) groups excluding carboxylic acids is 2. The Labute approximate surface area is 173 Å². The minimum Gasteiger partial charge on any atom is -0.339 e. The highest BCUT2D eigenvalue weighted by atomic mass is 32.2. The third-order valence-corrected chi connectivity index (χ3v) is 5.68. The van der Waals surface area contributed by atoms with Crippen LogP contribution in [-0.2, 0) is 9.59 Å². The van der Waals surface area contributed by atoms with E-state index >= 15 is 0 Å². The van der Waals surface area contributed by atoms with Crippen LogP contribution in [0, 0.1) is 10.1 Å². The van der Waals surface area contributed by atoms with E-state index in [4.69, 9.17) is 0 Å². The summed E-state index contributed by atoms with van der Waals surface area (Å²) in [5.41, 5.74) is 0.591. The van der Waals surface area contributed by atoms with Gasteiger partial charge in [-0.05, 0) is 29.8 Å². The molecule has 0 N–H and O–H groups in total. The molecule has 0 unspecified atom stereocenters. The lowest BCUT2D eigenvalue weighted by atomic mass is 10.2. The van der Waals surface area contributed by atoms with Crippen LogP contribution in [0.4, 0.5) is 5.69 Å². The van der Waals surface area contributed by atoms with Gasteiger partial charge in [-0.3, -0.25) is 19.7 Å². The zero-order valence-corrected chi connectivity index (χ0v) is 16.8. The second-order valence-corrected chi connectivity index (χ2v) is 7.68. The Morgan fingerprint density at radius 3 is 2.31 bits per heavy atom. The monoisotopic (exact) mass is 411 g/mol. The molecule has 1 aliphatic rings. The van der Waals surface area contributed by atoms with Crippen LogP contribution >= 0.6 is 11.8 Å². The molecule has 1 saturated heterocycles. The van der Waals surface area contributed by atoms with Gasteiger partial charge in [-0.25, -0.2) is 0 Å². The molecule has 2 aromatic carbocycles. The van der Waals surface area contributed by atoms with E-state index in [2.05, 4.69) is 0 Å². The van der Waals surface area contributed by atoms with Crippen molar-refractivity contribution in [3.63, 3.8) is 0 Å². The topological polar surface area (TPSA) is 83.8 Å². The first-order chi connectivity index (χ1) is 13.9. The van der Waals surface area contributed by atoms with Gasteiger partial charge in [0.1, 0.15) is 0 Å². The van der Waals surface area contributed by atoms with Gasteiger partial charge in [0.2, 0.25) is 11.8 Å². The number of benzene rings is 2. The van der Waals surface area contributed by atoms with Crippen LogP contribution in [0.25, 0.3) is 6.08 Å². The molecule has 3 rings (SSSR count). The van der Waals surface area contributed by atoms with E-state index < -0.39 is 4.92 Å². The summed E-state index contributed by atoms with van der Waals surface area (Å²) in [4.78, 5) is 39.7. The summed E-state index contributed by atoms with van der Waals surface area (Å²) in [6.45, 7) is 3.52. The first-order valence-electron chi connectivity index (χ1n) is 9.18. The van der Waals surface area contributed by atoms with E-state index in [9.17, 15) is 19.7 Å². The quantitative estimate of drug-likeness (QED) is 0.427. The van der Waals surface area contributed by atoms with Crippen molar-refractivity contribution in [2.45, 2.75) is 16.7 Å². The number of hydrogen-bond donors (Lipinski definition) is 0. The molecule has 150 valence electrons. The highest BCUT2D eigenvalue weighted by molar-refractivity contribution is 7.99. The van der Waals surface area contributed by atoms with Gasteiger partial charge in [0.05, 0.1) is 9.82 Å². The van der Waals surface area contributed by atoms with Crippen molar-refractivity contribution < 1.29 is 14.5 Å². The highest BCUT2D eigenvalue weighted by Gasteiger charge is 2.21. The third kappa shape index (κ3) is 5.45. The van der Waals surface area contributed by atoms with Crippen LogP contribution in [-0.4, -0.2) is 52.7 Å². The normalized spacial score (nSPS) is 14.2. The molecule has 0 spiro atoms. The average Bonchev–Trinajstić information content (AvgIpc) is 2.73. The fraction of sp³-hybridized carbons (Fsp3) is 0.238. The smallest absolute Gasteiger partial charge is 0.283 e. The molecule has 8 heteroatoms. The van der Waals surface area contributed by atoms with E-state index in [0.29, 0.717) is 36.6 Å². The Morgan fingerprint density at radius 2 is 1.69 bits per heavy atom. The zero-order chi connectivity index (χ0) is 20.8. The van der Waals surface area contributed by atoms with Gasteiger partial charge in [0.15, 0.2) is 0 Å². The summed E-state index contributed by atoms with van der Waals surface area (Å²) in [6.07, 6.45) is 3.01. The first-order valence-corrected chi connectivity index (χ1v) is 9.99. The molecule has 0 atom stereocenters. The average molecular weight is 411 g/mol. The number of nitro groups is 1. The van der Waals surface area contributed by atoms with Crippen LogP contribution in [0.2, 0.25) is 0 Å². The fourth-order valence-corrected chi connectivity index (χ4v) is 3.92. The van der Waals surface area contributed by atoms with E-state index in [0.717, 1.165) is 4.90 Å². The van der Waals surface area contributed by atoms with Gasteiger partial charge in [-0.15, -0.1) is 0 Å². The first kappa shape index (κ1) is 20.6. The van der Waals surface area contributed by atoms with Crippen LogP contribution in [0.3, 0.4) is 0 Å². The van der Waals surface area contributed by atoms with Crippen molar-refractivity contribution in [2.75, 3.05) is 26.2 Å². The molecule has 0 saturated carbocycles. The minimum atomic E-state index is -0.411. The van der Waals surface area contributed by atoms with Crippen molar-refractivity contribution in [1.82, 2.24) is 9.80 Å². The van der Waals surface area contributed by atoms with Crippen molar-refractivity contribution in [3.05, 3.63) is 70.3 Å². The summed E-state index contributed by atoms with van der Waals surface area (Å²) in [5.74, 6) is -0.160. The molecule has 0 bridgehead atoms. The number of amides is 2. The molecule has 0 aliphatic carbocycles. The van der Waals surface area contributed by atoms with Crippen LogP contribution in [0.15, 0.2) is 64.4 Å². The summed E-state index contributed by atoms with van der Waals surface area (Å²) in [6, 6.07) is 14.4. The van der Waals surface area contributed by atoms with Gasteiger partial charge >= 0.3 is 0 Å². The number of hydrogen-bond acceptors (Lipinski definition) is 5. The Kier molecular flexibility index (Phi) is 6.66. The van der Waals surface area contributed by atoms with Gasteiger partial charge in [0.25, 0.3) is 5.69 Å². The Hall–Kier alpha value is -3.13. The maximum absolute atomic E-state index is 12.4. The van der Waals surface area contributed by atoms with E-state index in [1.165, 1.54) is 30.8 Å². The summed E-state index contributed by atoms with van der Waals surface area (Å²) in [5, 5.41) is 11.5. The zero-order valence-electron chi connectivity index (χ0n) is 16.0. The van der Waals surface area contributed by atoms with Gasteiger partial charge in [0, 0.05) is 50.1 Å². The summed E-state index contributed by atoms with van der Waals surface area (Å²) < 4.78 is 0. The molecule has 2 aromatic rings. The highest BCUT2D eigenvalue weighted by Crippen LogP contribution is 2.35. The minimum absolute atomic E-state index is 0.00326. The van der Waals surface area contributed by atoms with Crippen molar-refractivity contribution >= 4 is 35.3 Å². The number of nitrogens with zero attached hydrogens (tertiary/aromatic N) is 3. The lowest BCUT2D eigenvalue weighted by Gasteiger charge is -2.33. The summed E-state index contributed by atoms with van der Waals surface area (Å²) in [7, 11) is 0. The van der Waals surface area contributed by atoms with E-state index in [1.54, 1.807) is 28.0 Å². The van der Waals surface area contributed by atoms with Gasteiger partial charge < -0.3 is 9.80 Å². The number of piperazine rings is 1. The maximum Gasteiger partial charge on any atom is 0.283 e. The number of nitro benzene ring substituents is 1. The molecule has 29 heavy (non-hydrogen) atoms. The number of carbonyl (C=O) groups is 2. The molecule has 0 aromatic heterocycles. The lowest BCUT2D eigenvalue weighted by Crippen LogP contribution is -2.49. The summed E-state index contributed by atoms with van der Waals surface area (Å²) >= 11 is 1.33. The van der Waals surface area contributed by atoms with E-state index in [1.807, 2.05) is 30.3 Å². The second kappa shape index (κ2) is 9.38. The third-order valence-electron chi connectivity index (χ3n) is 4.61. The van der Waals surface area contributed by atoms with Crippen LogP contribution < -0.4 is 0 Å². The molecule has 0 radical (unpaired) electrons. The predicted molar refractivity (Wildman–Crippen MR) is 112 cm³/mol. The molecular weight excluding hydrogens is 390 g/mol. The molecular formula is C21H21N3O4S. The van der Waals surface area contributed by atoms with Crippen molar-refractivity contribution in [3.8, 4) is 0 Å². The Morgan fingerprint density at radius 1 is 1.03 bits per heavy atom. The largest absolute Gasteiger partial charge is 0.339 e. The van der Waals surface area contributed by atoms with Crippen LogP contribution in [0.5, 0.6) is 0 Å². The van der Waals surface area contributed by atoms with Crippen LogP contribution in [0.1, 0.15) is 12.5 Å². The molecule has 1 heterocycles. The predicted octanol–water partition coefficient (Wildman–Crippen LogP) is 3.45.